The topological polar surface area (TPSA) is 133 Å². The van der Waals surface area contributed by atoms with E-state index in [1.54, 1.807) is 38.5 Å². The normalized spacial score (nSPS) is 15.2. The third-order valence-electron chi connectivity index (χ3n) is 7.91. The minimum atomic E-state index is -0.720. The van der Waals surface area contributed by atoms with Gasteiger partial charge in [0, 0.05) is 24.2 Å². The summed E-state index contributed by atoms with van der Waals surface area (Å²) in [7, 11) is 4.65. The Bertz CT molecular complexity index is 1670. The van der Waals surface area contributed by atoms with Crippen molar-refractivity contribution in [3.05, 3.63) is 63.8 Å². The number of aryl methyl sites for hydroxylation is 1. The second-order valence-electron chi connectivity index (χ2n) is 11.5. The van der Waals surface area contributed by atoms with E-state index in [2.05, 4.69) is 16.0 Å². The number of nitrogens with one attached hydrogen (secondary N) is 3. The van der Waals surface area contributed by atoms with Crippen LogP contribution in [0.3, 0.4) is 0 Å². The van der Waals surface area contributed by atoms with Crippen molar-refractivity contribution >= 4 is 23.2 Å². The van der Waals surface area contributed by atoms with Crippen LogP contribution < -0.4 is 45.1 Å². The first-order chi connectivity index (χ1) is 21.6. The molecule has 0 spiro atoms. The number of methoxy groups -OCH3 is 3. The summed E-state index contributed by atoms with van der Waals surface area (Å²) >= 11 is 0. The Balaban J connectivity index is 1.58. The largest absolute Gasteiger partial charge is 0.493 e. The number of carbonyl (C=O) groups excluding carboxylic acids is 2. The Morgan fingerprint density at radius 2 is 1.71 bits per heavy atom. The number of rotatable bonds is 10. The lowest BCUT2D eigenvalue weighted by Gasteiger charge is -2.21. The first-order valence-electron chi connectivity index (χ1n) is 14.9. The van der Waals surface area contributed by atoms with Gasteiger partial charge in [-0.25, -0.2) is 0 Å². The van der Waals surface area contributed by atoms with Crippen molar-refractivity contribution in [3.63, 3.8) is 0 Å². The first-order valence-corrected chi connectivity index (χ1v) is 14.9. The Kier molecular flexibility index (Phi) is 9.36. The van der Waals surface area contributed by atoms with Crippen LogP contribution >= 0.6 is 0 Å². The van der Waals surface area contributed by atoms with Crippen molar-refractivity contribution in [1.82, 2.24) is 5.32 Å². The maximum Gasteiger partial charge on any atom is 0.246 e. The standard InChI is InChI=1S/C34H39N3O8/c1-18(2)13-26(34(40)36-21-8-12-28-29(15-21)45-17-44-28)37-25-11-9-22-23(16-27(25)39)24(35-19(3)38)10-7-20-14-30(41-4)32(42-5)33(43-6)31(20)22/h8-9,11-12,14-16,18,24,26H,7,10,13,17H2,1-6H3,(H,35,38)(H,36,40)(H,37,39)/t24-,26+/m0/s1. The second kappa shape index (κ2) is 13.4. The van der Waals surface area contributed by atoms with E-state index in [0.29, 0.717) is 64.8 Å². The molecular weight excluding hydrogens is 578 g/mol. The molecule has 11 heteroatoms. The molecule has 11 nitrogen and oxygen atoms in total. The smallest absolute Gasteiger partial charge is 0.246 e. The van der Waals surface area contributed by atoms with E-state index in [0.717, 1.165) is 11.1 Å². The van der Waals surface area contributed by atoms with Gasteiger partial charge in [-0.3, -0.25) is 14.4 Å². The van der Waals surface area contributed by atoms with Gasteiger partial charge in [-0.2, -0.15) is 0 Å². The molecule has 0 fully saturated rings. The van der Waals surface area contributed by atoms with E-state index in [4.69, 9.17) is 23.7 Å². The molecule has 0 bridgehead atoms. The molecule has 2 atom stereocenters. The zero-order valence-electron chi connectivity index (χ0n) is 26.4. The molecule has 0 saturated heterocycles. The van der Waals surface area contributed by atoms with Crippen molar-refractivity contribution in [2.75, 3.05) is 38.8 Å². The van der Waals surface area contributed by atoms with Crippen LogP contribution in [0.2, 0.25) is 0 Å². The van der Waals surface area contributed by atoms with Crippen molar-refractivity contribution in [3.8, 4) is 39.9 Å². The molecule has 5 rings (SSSR count). The lowest BCUT2D eigenvalue weighted by atomic mass is 9.95. The number of amides is 2. The van der Waals surface area contributed by atoms with Gasteiger partial charge in [0.15, 0.2) is 23.0 Å². The molecule has 0 unspecified atom stereocenters. The van der Waals surface area contributed by atoms with Gasteiger partial charge in [0.2, 0.25) is 29.8 Å². The predicted molar refractivity (Wildman–Crippen MR) is 171 cm³/mol. The van der Waals surface area contributed by atoms with E-state index in [-0.39, 0.29) is 35.6 Å². The summed E-state index contributed by atoms with van der Waals surface area (Å²) in [6, 6.07) is 11.0. The number of anilines is 2. The molecule has 0 aromatic heterocycles. The number of carbonyl (C=O) groups is 2. The zero-order valence-corrected chi connectivity index (χ0v) is 26.4. The summed E-state index contributed by atoms with van der Waals surface area (Å²) in [5.74, 6) is 2.21. The zero-order chi connectivity index (χ0) is 32.2. The fraction of sp³-hybridized carbons (Fsp3) is 0.382. The van der Waals surface area contributed by atoms with Crippen LogP contribution in [0.5, 0.6) is 28.7 Å². The molecule has 1 heterocycles. The summed E-state index contributed by atoms with van der Waals surface area (Å²) in [6.07, 6.45) is 1.60. The summed E-state index contributed by atoms with van der Waals surface area (Å²) in [5.41, 5.74) is 3.49. The molecule has 45 heavy (non-hydrogen) atoms. The van der Waals surface area contributed by atoms with Gasteiger partial charge in [-0.15, -0.1) is 0 Å². The summed E-state index contributed by atoms with van der Waals surface area (Å²) < 4.78 is 28.0. The predicted octanol–water partition coefficient (Wildman–Crippen LogP) is 5.06. The Morgan fingerprint density at radius 1 is 0.956 bits per heavy atom. The maximum atomic E-state index is 13.8. The van der Waals surface area contributed by atoms with E-state index in [1.807, 2.05) is 26.0 Å². The average Bonchev–Trinajstić information content (AvgIpc) is 3.35. The van der Waals surface area contributed by atoms with Gasteiger partial charge in [-0.1, -0.05) is 19.9 Å². The van der Waals surface area contributed by atoms with Gasteiger partial charge in [0.05, 0.1) is 33.1 Å². The molecule has 238 valence electrons. The average molecular weight is 618 g/mol. The minimum Gasteiger partial charge on any atom is -0.493 e. The SMILES string of the molecule is COc1cc2c(c(OC)c1OC)-c1ccc(N[C@H](CC(C)C)C(=O)Nc3ccc4c(c3)OCO4)c(=O)cc1[C@@H](NC(C)=O)CC2. The van der Waals surface area contributed by atoms with Crippen LogP contribution in [0.1, 0.15) is 50.8 Å². The van der Waals surface area contributed by atoms with Gasteiger partial charge in [-0.05, 0) is 72.2 Å². The molecule has 1 aliphatic heterocycles. The fourth-order valence-corrected chi connectivity index (χ4v) is 5.92. The monoisotopic (exact) mass is 617 g/mol. The minimum absolute atomic E-state index is 0.130. The number of benzene rings is 2. The van der Waals surface area contributed by atoms with Crippen molar-refractivity contribution in [2.24, 2.45) is 5.92 Å². The second-order valence-corrected chi connectivity index (χ2v) is 11.5. The molecule has 2 aliphatic rings. The van der Waals surface area contributed by atoms with E-state index >= 15 is 0 Å². The van der Waals surface area contributed by atoms with Crippen LogP contribution in [0, 0.1) is 5.92 Å². The van der Waals surface area contributed by atoms with E-state index in [1.165, 1.54) is 20.1 Å². The molecule has 1 aliphatic carbocycles. The molecule has 0 saturated carbocycles. The van der Waals surface area contributed by atoms with Crippen LogP contribution in [0.25, 0.3) is 11.1 Å². The van der Waals surface area contributed by atoms with Gasteiger partial charge < -0.3 is 39.6 Å². The van der Waals surface area contributed by atoms with Crippen molar-refractivity contribution in [2.45, 2.75) is 52.1 Å². The Labute approximate surface area is 262 Å². The number of ether oxygens (including phenoxy) is 5. The Hall–Kier alpha value is -4.93. The molecule has 3 aromatic carbocycles. The number of fused-ring (bicyclic) bond motifs is 4. The van der Waals surface area contributed by atoms with Crippen LogP contribution in [0.15, 0.2) is 47.3 Å². The molecule has 2 amide bonds. The number of hydrogen-bond acceptors (Lipinski definition) is 9. The third kappa shape index (κ3) is 6.62. The lowest BCUT2D eigenvalue weighted by Crippen LogP contribution is -2.37. The highest BCUT2D eigenvalue weighted by molar-refractivity contribution is 5.97. The van der Waals surface area contributed by atoms with Crippen molar-refractivity contribution in [1.29, 1.82) is 0 Å². The molecule has 0 radical (unpaired) electrons. The molecular formula is C34H39N3O8. The highest BCUT2D eigenvalue weighted by Gasteiger charge is 2.30. The first kappa shape index (κ1) is 31.5. The molecule has 3 aromatic rings. The molecule has 3 N–H and O–H groups in total. The van der Waals surface area contributed by atoms with Crippen LogP contribution in [0.4, 0.5) is 11.4 Å². The maximum absolute atomic E-state index is 13.8. The Morgan fingerprint density at radius 3 is 2.40 bits per heavy atom. The van der Waals surface area contributed by atoms with Gasteiger partial charge in [0.25, 0.3) is 0 Å². The highest BCUT2D eigenvalue weighted by Crippen LogP contribution is 2.50. The fourth-order valence-electron chi connectivity index (χ4n) is 5.92. The lowest BCUT2D eigenvalue weighted by molar-refractivity contribution is -0.120. The van der Waals surface area contributed by atoms with Crippen molar-refractivity contribution < 1.29 is 33.3 Å². The summed E-state index contributed by atoms with van der Waals surface area (Å²) in [4.78, 5) is 39.7. The summed E-state index contributed by atoms with van der Waals surface area (Å²) in [5, 5.41) is 9.17. The quantitative estimate of drug-likeness (QED) is 0.286. The van der Waals surface area contributed by atoms with Crippen LogP contribution in [-0.2, 0) is 16.0 Å². The highest BCUT2D eigenvalue weighted by atomic mass is 16.7. The third-order valence-corrected chi connectivity index (χ3v) is 7.91. The number of hydrogen-bond donors (Lipinski definition) is 3. The summed E-state index contributed by atoms with van der Waals surface area (Å²) in [6.45, 7) is 5.60. The van der Waals surface area contributed by atoms with Gasteiger partial charge >= 0.3 is 0 Å². The van der Waals surface area contributed by atoms with Gasteiger partial charge in [0.1, 0.15) is 6.04 Å². The van der Waals surface area contributed by atoms with E-state index in [9.17, 15) is 14.4 Å². The van der Waals surface area contributed by atoms with Crippen LogP contribution in [-0.4, -0.2) is 46.0 Å². The van der Waals surface area contributed by atoms with E-state index < -0.39 is 12.1 Å².